The summed E-state index contributed by atoms with van der Waals surface area (Å²) in [4.78, 5) is 31.2. The fourth-order valence-electron chi connectivity index (χ4n) is 4.16. The Morgan fingerprint density at radius 1 is 1.11 bits per heavy atom. The Kier molecular flexibility index (Phi) is 4.50. The lowest BCUT2D eigenvalue weighted by Crippen LogP contribution is -2.35. The number of amides is 1. The molecule has 2 aliphatic rings. The average Bonchev–Trinajstić information content (AvgIpc) is 3.16. The molecule has 6 heteroatoms. The first-order chi connectivity index (χ1) is 13.0. The van der Waals surface area contributed by atoms with Crippen LogP contribution < -0.4 is 0 Å². The van der Waals surface area contributed by atoms with Crippen LogP contribution in [0.15, 0.2) is 30.3 Å². The Morgan fingerprint density at radius 2 is 1.89 bits per heavy atom. The van der Waals surface area contributed by atoms with Crippen molar-refractivity contribution in [2.45, 2.75) is 45.6 Å². The molecule has 0 radical (unpaired) electrons. The third-order valence-electron chi connectivity index (χ3n) is 5.88. The van der Waals surface area contributed by atoms with Crippen LogP contribution in [-0.4, -0.2) is 44.5 Å². The molecule has 27 heavy (non-hydrogen) atoms. The largest absolute Gasteiger partial charge is 0.481 e. The molecule has 0 spiro atoms. The number of hydrogen-bond acceptors (Lipinski definition) is 3. The van der Waals surface area contributed by atoms with Crippen molar-refractivity contribution in [1.82, 2.24) is 14.5 Å². The summed E-state index contributed by atoms with van der Waals surface area (Å²) in [5.41, 5.74) is 1.65. The smallest absolute Gasteiger partial charge is 0.311 e. The van der Waals surface area contributed by atoms with Gasteiger partial charge >= 0.3 is 5.97 Å². The average molecular weight is 367 g/mol. The molecule has 6 nitrogen and oxygen atoms in total. The zero-order valence-electron chi connectivity index (χ0n) is 15.6. The van der Waals surface area contributed by atoms with Gasteiger partial charge in [-0.1, -0.05) is 36.8 Å². The third-order valence-corrected chi connectivity index (χ3v) is 5.88. The van der Waals surface area contributed by atoms with Crippen LogP contribution in [0.3, 0.4) is 0 Å². The number of likely N-dealkylation sites (tertiary alicyclic amines) is 1. The predicted octanol–water partition coefficient (Wildman–Crippen LogP) is 3.21. The molecule has 1 amide bonds. The summed E-state index contributed by atoms with van der Waals surface area (Å²) in [6.07, 6.45) is 4.59. The van der Waals surface area contributed by atoms with Crippen molar-refractivity contribution < 1.29 is 14.7 Å². The maximum atomic E-state index is 13.2. The number of carbonyl (C=O) groups is 2. The van der Waals surface area contributed by atoms with Gasteiger partial charge in [0.25, 0.3) is 5.91 Å². The molecule has 2 aromatic rings. The van der Waals surface area contributed by atoms with E-state index in [9.17, 15) is 14.7 Å². The number of fused-ring (bicyclic) bond motifs is 1. The molecule has 1 saturated heterocycles. The van der Waals surface area contributed by atoms with Crippen LogP contribution in [0.2, 0.25) is 0 Å². The molecule has 0 bridgehead atoms. The molecule has 1 N–H and O–H groups in total. The highest BCUT2D eigenvalue weighted by Crippen LogP contribution is 2.33. The quantitative estimate of drug-likeness (QED) is 0.904. The molecule has 1 atom stereocenters. The summed E-state index contributed by atoms with van der Waals surface area (Å²) < 4.78 is 2.20. The predicted molar refractivity (Wildman–Crippen MR) is 101 cm³/mol. The fraction of sp³-hybridized carbons (Fsp3) is 0.476. The molecule has 2 aliphatic heterocycles. The van der Waals surface area contributed by atoms with Gasteiger partial charge in [0.05, 0.1) is 11.1 Å². The Bertz CT molecular complexity index is 874. The van der Waals surface area contributed by atoms with Crippen LogP contribution in [0.4, 0.5) is 0 Å². The summed E-state index contributed by atoms with van der Waals surface area (Å²) in [6.45, 7) is 3.29. The maximum Gasteiger partial charge on any atom is 0.311 e. The number of carboxylic acid groups (broad SMARTS) is 1. The number of nitrogens with zero attached hydrogens (tertiary/aromatic N) is 3. The second-order valence-corrected chi connectivity index (χ2v) is 7.90. The number of aliphatic carboxylic acids is 1. The lowest BCUT2D eigenvalue weighted by Gasteiger charge is -2.20. The number of aromatic nitrogens is 2. The number of benzene rings is 1. The molecule has 1 aromatic carbocycles. The van der Waals surface area contributed by atoms with Crippen molar-refractivity contribution >= 4 is 11.9 Å². The van der Waals surface area contributed by atoms with Crippen molar-refractivity contribution in [3.63, 3.8) is 0 Å². The van der Waals surface area contributed by atoms with Gasteiger partial charge in [0.1, 0.15) is 11.5 Å². The van der Waals surface area contributed by atoms with E-state index in [-0.39, 0.29) is 12.5 Å². The van der Waals surface area contributed by atoms with E-state index in [4.69, 9.17) is 4.98 Å². The van der Waals surface area contributed by atoms with Crippen molar-refractivity contribution in [3.05, 3.63) is 41.7 Å². The van der Waals surface area contributed by atoms with Crippen LogP contribution in [0.1, 0.15) is 48.8 Å². The second kappa shape index (κ2) is 6.83. The summed E-state index contributed by atoms with van der Waals surface area (Å²) in [5, 5.41) is 9.47. The van der Waals surface area contributed by atoms with Crippen LogP contribution in [0, 0.1) is 5.41 Å². The Balaban J connectivity index is 1.72. The topological polar surface area (TPSA) is 75.4 Å². The molecule has 1 fully saturated rings. The number of hydrogen-bond donors (Lipinski definition) is 1. The highest BCUT2D eigenvalue weighted by atomic mass is 16.4. The Morgan fingerprint density at radius 3 is 2.59 bits per heavy atom. The van der Waals surface area contributed by atoms with Gasteiger partial charge in [-0.3, -0.25) is 9.59 Å². The molecule has 0 unspecified atom stereocenters. The van der Waals surface area contributed by atoms with E-state index < -0.39 is 11.4 Å². The van der Waals surface area contributed by atoms with Crippen molar-refractivity contribution in [3.8, 4) is 11.4 Å². The van der Waals surface area contributed by atoms with Gasteiger partial charge in [-0.05, 0) is 32.6 Å². The van der Waals surface area contributed by atoms with Gasteiger partial charge in [0.2, 0.25) is 0 Å². The molecule has 4 rings (SSSR count). The van der Waals surface area contributed by atoms with Crippen LogP contribution in [0.5, 0.6) is 0 Å². The fourth-order valence-corrected chi connectivity index (χ4v) is 4.16. The number of rotatable bonds is 3. The molecule has 1 aromatic heterocycles. The van der Waals surface area contributed by atoms with E-state index in [1.54, 1.807) is 11.8 Å². The minimum atomic E-state index is -0.866. The van der Waals surface area contributed by atoms with Crippen molar-refractivity contribution in [2.24, 2.45) is 5.41 Å². The molecular weight excluding hydrogens is 342 g/mol. The van der Waals surface area contributed by atoms with Gasteiger partial charge in [-0.25, -0.2) is 4.98 Å². The highest BCUT2D eigenvalue weighted by molar-refractivity contribution is 5.95. The monoisotopic (exact) mass is 367 g/mol. The van der Waals surface area contributed by atoms with Crippen LogP contribution >= 0.6 is 0 Å². The van der Waals surface area contributed by atoms with Crippen molar-refractivity contribution in [1.29, 1.82) is 0 Å². The minimum absolute atomic E-state index is 0.132. The molecular formula is C21H25N3O3. The first kappa shape index (κ1) is 17.8. The van der Waals surface area contributed by atoms with Gasteiger partial charge in [-0.15, -0.1) is 0 Å². The molecule has 0 aliphatic carbocycles. The Labute approximate surface area is 158 Å². The van der Waals surface area contributed by atoms with E-state index in [1.165, 1.54) is 0 Å². The third kappa shape index (κ3) is 3.13. The zero-order valence-corrected chi connectivity index (χ0v) is 15.6. The van der Waals surface area contributed by atoms with E-state index in [2.05, 4.69) is 4.57 Å². The second-order valence-electron chi connectivity index (χ2n) is 7.90. The standard InChI is InChI=1S/C21H25N3O3/c1-21(20(26)27)11-13-23(14-21)19(25)17-16-10-6-3-7-12-24(16)18(22-17)15-8-4-2-5-9-15/h2,4-5,8-9H,3,6-7,10-14H2,1H3,(H,26,27)/t21-/m0/s1. The van der Waals surface area contributed by atoms with E-state index >= 15 is 0 Å². The van der Waals surface area contributed by atoms with Gasteiger partial charge in [0.15, 0.2) is 0 Å². The molecule has 142 valence electrons. The molecule has 3 heterocycles. The number of carbonyl (C=O) groups excluding carboxylic acids is 1. The summed E-state index contributed by atoms with van der Waals surface area (Å²) in [5.74, 6) is -0.129. The summed E-state index contributed by atoms with van der Waals surface area (Å²) in [7, 11) is 0. The summed E-state index contributed by atoms with van der Waals surface area (Å²) in [6, 6.07) is 9.97. The van der Waals surface area contributed by atoms with E-state index in [0.29, 0.717) is 18.7 Å². The van der Waals surface area contributed by atoms with E-state index in [1.807, 2.05) is 30.3 Å². The lowest BCUT2D eigenvalue weighted by molar-refractivity contribution is -0.147. The maximum absolute atomic E-state index is 13.2. The summed E-state index contributed by atoms with van der Waals surface area (Å²) >= 11 is 0. The van der Waals surface area contributed by atoms with E-state index in [0.717, 1.165) is 49.3 Å². The first-order valence-electron chi connectivity index (χ1n) is 9.67. The van der Waals surface area contributed by atoms with Crippen LogP contribution in [0.25, 0.3) is 11.4 Å². The zero-order chi connectivity index (χ0) is 19.0. The first-order valence-corrected chi connectivity index (χ1v) is 9.67. The SMILES string of the molecule is C[C@]1(C(=O)O)CCN(C(=O)c2nc(-c3ccccc3)n3c2CCCCC3)C1. The molecule has 0 saturated carbocycles. The Hall–Kier alpha value is -2.63. The lowest BCUT2D eigenvalue weighted by atomic mass is 9.90. The number of imidazole rings is 1. The van der Waals surface area contributed by atoms with Crippen LogP contribution in [-0.2, 0) is 17.8 Å². The van der Waals surface area contributed by atoms with Gasteiger partial charge < -0.3 is 14.6 Å². The minimum Gasteiger partial charge on any atom is -0.481 e. The van der Waals surface area contributed by atoms with Gasteiger partial charge in [-0.2, -0.15) is 0 Å². The normalized spacial score (nSPS) is 22.3. The highest BCUT2D eigenvalue weighted by Gasteiger charge is 2.43. The van der Waals surface area contributed by atoms with Crippen molar-refractivity contribution in [2.75, 3.05) is 13.1 Å². The number of carboxylic acids is 1. The van der Waals surface area contributed by atoms with Gasteiger partial charge in [0, 0.05) is 25.2 Å².